The third-order valence-corrected chi connectivity index (χ3v) is 3.81. The van der Waals surface area contributed by atoms with Gasteiger partial charge in [0.1, 0.15) is 10.7 Å². The Kier molecular flexibility index (Phi) is 4.45. The number of esters is 1. The summed E-state index contributed by atoms with van der Waals surface area (Å²) in [4.78, 5) is 23.9. The summed E-state index contributed by atoms with van der Waals surface area (Å²) < 4.78 is 40.7. The SMILES string of the molecule is Cc1nn(C)c(Cl)c1C(=O)OCC(=O)Nc1ccc2c(c1)OC(F)(F)O2. The quantitative estimate of drug-likeness (QED) is 0.810. The van der Waals surface area contributed by atoms with Gasteiger partial charge in [-0.1, -0.05) is 11.6 Å². The third-order valence-electron chi connectivity index (χ3n) is 3.38. The van der Waals surface area contributed by atoms with Gasteiger partial charge in [0, 0.05) is 18.8 Å². The molecule has 0 bridgehead atoms. The van der Waals surface area contributed by atoms with Crippen molar-refractivity contribution in [2.75, 3.05) is 11.9 Å². The van der Waals surface area contributed by atoms with Crippen LogP contribution in [0, 0.1) is 6.92 Å². The number of carbonyl (C=O) groups excluding carboxylic acids is 2. The Labute approximate surface area is 150 Å². The van der Waals surface area contributed by atoms with E-state index in [1.165, 1.54) is 16.8 Å². The van der Waals surface area contributed by atoms with Crippen LogP contribution in [0.5, 0.6) is 11.5 Å². The summed E-state index contributed by atoms with van der Waals surface area (Å²) in [5.74, 6) is -1.86. The van der Waals surface area contributed by atoms with Crippen LogP contribution in [0.15, 0.2) is 18.2 Å². The molecule has 3 rings (SSSR count). The molecule has 0 saturated carbocycles. The molecule has 26 heavy (non-hydrogen) atoms. The maximum absolute atomic E-state index is 13.0. The van der Waals surface area contributed by atoms with Gasteiger partial charge in [-0.15, -0.1) is 8.78 Å². The van der Waals surface area contributed by atoms with Crippen LogP contribution in [0.4, 0.5) is 14.5 Å². The Morgan fingerprint density at radius 3 is 2.69 bits per heavy atom. The highest BCUT2D eigenvalue weighted by Crippen LogP contribution is 2.42. The molecule has 0 saturated heterocycles. The smallest absolute Gasteiger partial charge is 0.452 e. The lowest BCUT2D eigenvalue weighted by Crippen LogP contribution is -2.25. The molecule has 2 aromatic rings. The van der Waals surface area contributed by atoms with Crippen molar-refractivity contribution < 1.29 is 32.6 Å². The zero-order valence-corrected chi connectivity index (χ0v) is 14.3. The highest BCUT2D eigenvalue weighted by Gasteiger charge is 2.43. The Hall–Kier alpha value is -2.88. The van der Waals surface area contributed by atoms with Crippen LogP contribution in [0.2, 0.25) is 5.15 Å². The number of amides is 1. The number of carbonyl (C=O) groups is 2. The van der Waals surface area contributed by atoms with Crippen LogP contribution in [0.25, 0.3) is 0 Å². The molecular formula is C15H12ClF2N3O5. The van der Waals surface area contributed by atoms with Crippen LogP contribution in [-0.2, 0) is 16.6 Å². The van der Waals surface area contributed by atoms with Gasteiger partial charge in [0.25, 0.3) is 5.91 Å². The van der Waals surface area contributed by atoms with E-state index in [1.807, 2.05) is 0 Å². The van der Waals surface area contributed by atoms with Gasteiger partial charge >= 0.3 is 12.3 Å². The second kappa shape index (κ2) is 6.45. The maximum Gasteiger partial charge on any atom is 0.586 e. The molecule has 0 radical (unpaired) electrons. The minimum atomic E-state index is -3.75. The van der Waals surface area contributed by atoms with Crippen molar-refractivity contribution in [1.82, 2.24) is 9.78 Å². The summed E-state index contributed by atoms with van der Waals surface area (Å²) in [6, 6.07) is 3.72. The monoisotopic (exact) mass is 387 g/mol. The first-order chi connectivity index (χ1) is 12.2. The molecule has 2 heterocycles. The highest BCUT2D eigenvalue weighted by atomic mass is 35.5. The molecule has 1 N–H and O–H groups in total. The third kappa shape index (κ3) is 3.54. The van der Waals surface area contributed by atoms with Crippen molar-refractivity contribution in [3.8, 4) is 11.5 Å². The fourth-order valence-electron chi connectivity index (χ4n) is 2.29. The number of rotatable bonds is 4. The average molecular weight is 388 g/mol. The van der Waals surface area contributed by atoms with Gasteiger partial charge in [-0.05, 0) is 19.1 Å². The first kappa shape index (κ1) is 17.9. The molecule has 0 atom stereocenters. The largest absolute Gasteiger partial charge is 0.586 e. The minimum Gasteiger partial charge on any atom is -0.452 e. The van der Waals surface area contributed by atoms with Crippen molar-refractivity contribution in [3.05, 3.63) is 34.6 Å². The van der Waals surface area contributed by atoms with Gasteiger partial charge in [0.15, 0.2) is 18.1 Å². The Morgan fingerprint density at radius 2 is 2.04 bits per heavy atom. The topological polar surface area (TPSA) is 91.7 Å². The molecule has 0 spiro atoms. The normalized spacial score (nSPS) is 14.2. The molecule has 138 valence electrons. The molecule has 1 amide bonds. The summed E-state index contributed by atoms with van der Waals surface area (Å²) in [7, 11) is 1.56. The van der Waals surface area contributed by atoms with Crippen molar-refractivity contribution in [3.63, 3.8) is 0 Å². The zero-order valence-electron chi connectivity index (χ0n) is 13.5. The van der Waals surface area contributed by atoms with Crippen molar-refractivity contribution in [2.24, 2.45) is 7.05 Å². The maximum atomic E-state index is 13.0. The molecule has 0 aliphatic carbocycles. The minimum absolute atomic E-state index is 0.0623. The van der Waals surface area contributed by atoms with Crippen LogP contribution >= 0.6 is 11.6 Å². The number of anilines is 1. The number of hydrogen-bond acceptors (Lipinski definition) is 6. The second-order valence-corrected chi connectivity index (χ2v) is 5.69. The fraction of sp³-hybridized carbons (Fsp3) is 0.267. The summed E-state index contributed by atoms with van der Waals surface area (Å²) in [6.07, 6.45) is -3.75. The van der Waals surface area contributed by atoms with E-state index < -0.39 is 24.8 Å². The molecule has 0 unspecified atom stereocenters. The summed E-state index contributed by atoms with van der Waals surface area (Å²) in [5.41, 5.74) is 0.591. The average Bonchev–Trinajstić information content (AvgIpc) is 2.98. The number of ether oxygens (including phenoxy) is 3. The van der Waals surface area contributed by atoms with Gasteiger partial charge in [0.05, 0.1) is 5.69 Å². The van der Waals surface area contributed by atoms with Gasteiger partial charge in [-0.3, -0.25) is 9.48 Å². The van der Waals surface area contributed by atoms with Gasteiger partial charge in [0.2, 0.25) is 0 Å². The summed E-state index contributed by atoms with van der Waals surface area (Å²) >= 11 is 5.94. The van der Waals surface area contributed by atoms with E-state index in [9.17, 15) is 18.4 Å². The second-order valence-electron chi connectivity index (χ2n) is 5.33. The van der Waals surface area contributed by atoms with Crippen LogP contribution in [-0.4, -0.2) is 34.6 Å². The Morgan fingerprint density at radius 1 is 1.35 bits per heavy atom. The van der Waals surface area contributed by atoms with E-state index in [2.05, 4.69) is 19.9 Å². The number of benzene rings is 1. The summed E-state index contributed by atoms with van der Waals surface area (Å²) in [6.45, 7) is 0.971. The molecular weight excluding hydrogens is 376 g/mol. The number of hydrogen-bond donors (Lipinski definition) is 1. The molecule has 1 aromatic carbocycles. The van der Waals surface area contributed by atoms with Gasteiger partial charge in [-0.2, -0.15) is 5.10 Å². The Balaban J connectivity index is 1.59. The lowest BCUT2D eigenvalue weighted by atomic mass is 10.2. The van der Waals surface area contributed by atoms with E-state index in [0.717, 1.165) is 6.07 Å². The number of halogens is 3. The van der Waals surface area contributed by atoms with Crippen LogP contribution < -0.4 is 14.8 Å². The van der Waals surface area contributed by atoms with Crippen LogP contribution in [0.1, 0.15) is 16.1 Å². The first-order valence-corrected chi connectivity index (χ1v) is 7.60. The standard InChI is InChI=1S/C15H12ClF2N3O5/c1-7-12(13(16)21(2)20-7)14(23)24-6-11(22)19-8-3-4-9-10(5-8)26-15(17,18)25-9/h3-5H,6H2,1-2H3,(H,19,22). The molecule has 11 heteroatoms. The van der Waals surface area contributed by atoms with Crippen molar-refractivity contribution in [1.29, 1.82) is 0 Å². The first-order valence-electron chi connectivity index (χ1n) is 7.22. The molecule has 1 aliphatic rings. The zero-order chi connectivity index (χ0) is 19.1. The van der Waals surface area contributed by atoms with E-state index >= 15 is 0 Å². The predicted molar refractivity (Wildman–Crippen MR) is 84.5 cm³/mol. The number of nitrogens with zero attached hydrogens (tertiary/aromatic N) is 2. The number of fused-ring (bicyclic) bond motifs is 1. The van der Waals surface area contributed by atoms with Gasteiger partial charge in [-0.25, -0.2) is 4.79 Å². The summed E-state index contributed by atoms with van der Waals surface area (Å²) in [5, 5.41) is 6.45. The number of alkyl halides is 2. The van der Waals surface area contributed by atoms with E-state index in [-0.39, 0.29) is 27.9 Å². The lowest BCUT2D eigenvalue weighted by Gasteiger charge is -2.07. The van der Waals surface area contributed by atoms with E-state index in [0.29, 0.717) is 5.69 Å². The fourth-order valence-corrected chi connectivity index (χ4v) is 2.54. The predicted octanol–water partition coefficient (Wildman–Crippen LogP) is 2.50. The molecule has 0 fully saturated rings. The van der Waals surface area contributed by atoms with Gasteiger partial charge < -0.3 is 19.5 Å². The van der Waals surface area contributed by atoms with Crippen molar-refractivity contribution in [2.45, 2.75) is 13.2 Å². The molecule has 8 nitrogen and oxygen atoms in total. The number of aryl methyl sites for hydroxylation is 2. The van der Waals surface area contributed by atoms with Crippen LogP contribution in [0.3, 0.4) is 0 Å². The molecule has 1 aromatic heterocycles. The number of aromatic nitrogens is 2. The molecule has 1 aliphatic heterocycles. The highest BCUT2D eigenvalue weighted by molar-refractivity contribution is 6.32. The Bertz CT molecular complexity index is 900. The lowest BCUT2D eigenvalue weighted by molar-refractivity contribution is -0.286. The van der Waals surface area contributed by atoms with E-state index in [4.69, 9.17) is 16.3 Å². The van der Waals surface area contributed by atoms with Crippen molar-refractivity contribution >= 4 is 29.2 Å². The number of nitrogens with one attached hydrogen (secondary N) is 1. The van der Waals surface area contributed by atoms with E-state index in [1.54, 1.807) is 14.0 Å².